The molecule has 2 aromatic carbocycles. The van der Waals surface area contributed by atoms with Crippen molar-refractivity contribution in [2.24, 2.45) is 0 Å². The minimum Gasteiger partial charge on any atom is -0.492 e. The van der Waals surface area contributed by atoms with Crippen molar-refractivity contribution in [1.82, 2.24) is 9.97 Å². The summed E-state index contributed by atoms with van der Waals surface area (Å²) in [6.45, 7) is 2.37. The molecular formula is C21H19N5O2S. The lowest BCUT2D eigenvalue weighted by molar-refractivity contribution is -0.115. The summed E-state index contributed by atoms with van der Waals surface area (Å²) in [5.74, 6) is 0.429. The lowest BCUT2D eigenvalue weighted by Crippen LogP contribution is -2.20. The van der Waals surface area contributed by atoms with Crippen LogP contribution in [0, 0.1) is 11.3 Å². The first kappa shape index (κ1) is 20.2. The zero-order chi connectivity index (χ0) is 20.6. The van der Waals surface area contributed by atoms with Crippen molar-refractivity contribution in [3.63, 3.8) is 0 Å². The van der Waals surface area contributed by atoms with Crippen molar-refractivity contribution in [2.75, 3.05) is 17.7 Å². The molecule has 146 valence electrons. The number of anilines is 2. The molecule has 0 spiro atoms. The van der Waals surface area contributed by atoms with Crippen LogP contribution in [0.3, 0.4) is 0 Å². The molecule has 0 bridgehead atoms. The average molecular weight is 405 g/mol. The maximum Gasteiger partial charge on any atom is 0.242 e. The lowest BCUT2D eigenvalue weighted by Gasteiger charge is -2.18. The van der Waals surface area contributed by atoms with Crippen LogP contribution in [0.15, 0.2) is 66.0 Å². The molecule has 0 radical (unpaired) electrons. The Kier molecular flexibility index (Phi) is 6.66. The molecule has 0 saturated carbocycles. The lowest BCUT2D eigenvalue weighted by atomic mass is 10.1. The van der Waals surface area contributed by atoms with Gasteiger partial charge >= 0.3 is 0 Å². The molecule has 0 aliphatic carbocycles. The smallest absolute Gasteiger partial charge is 0.242 e. The Labute approximate surface area is 172 Å². The number of carbonyl (C=O) groups excluding carboxylic acids is 1. The summed E-state index contributed by atoms with van der Waals surface area (Å²) in [5.41, 5.74) is 7.36. The number of nitrogens with one attached hydrogen (secondary N) is 1. The monoisotopic (exact) mass is 405 g/mol. The number of rotatable bonds is 7. The van der Waals surface area contributed by atoms with Gasteiger partial charge in [-0.15, -0.1) is 0 Å². The third-order valence-electron chi connectivity index (χ3n) is 3.93. The Hall–Kier alpha value is -3.57. The molecule has 8 heteroatoms. The topological polar surface area (TPSA) is 114 Å². The summed E-state index contributed by atoms with van der Waals surface area (Å²) in [6.07, 6.45) is 1.36. The number of nitrogens with two attached hydrogens (primary N) is 1. The van der Waals surface area contributed by atoms with E-state index in [-0.39, 0.29) is 17.3 Å². The molecule has 7 nitrogen and oxygen atoms in total. The quantitative estimate of drug-likeness (QED) is 0.454. The molecule has 0 aliphatic heterocycles. The van der Waals surface area contributed by atoms with E-state index in [1.54, 1.807) is 12.1 Å². The van der Waals surface area contributed by atoms with E-state index in [0.717, 1.165) is 17.3 Å². The van der Waals surface area contributed by atoms with E-state index >= 15 is 0 Å². The molecule has 3 N–H and O–H groups in total. The van der Waals surface area contributed by atoms with Gasteiger partial charge in [-0.2, -0.15) is 5.26 Å². The number of thioether (sulfide) groups is 1. The van der Waals surface area contributed by atoms with Crippen molar-refractivity contribution in [3.8, 4) is 11.8 Å². The molecule has 0 unspecified atom stereocenters. The van der Waals surface area contributed by atoms with Crippen LogP contribution in [-0.2, 0) is 4.79 Å². The van der Waals surface area contributed by atoms with Gasteiger partial charge in [-0.25, -0.2) is 9.97 Å². The van der Waals surface area contributed by atoms with Gasteiger partial charge in [0.15, 0.2) is 5.16 Å². The van der Waals surface area contributed by atoms with E-state index in [2.05, 4.69) is 15.3 Å². The van der Waals surface area contributed by atoms with Crippen molar-refractivity contribution in [1.29, 1.82) is 5.26 Å². The van der Waals surface area contributed by atoms with Crippen LogP contribution >= 0.6 is 11.8 Å². The van der Waals surface area contributed by atoms with E-state index in [1.165, 1.54) is 6.20 Å². The van der Waals surface area contributed by atoms with Crippen LogP contribution in [0.5, 0.6) is 5.75 Å². The zero-order valence-corrected chi connectivity index (χ0v) is 16.5. The van der Waals surface area contributed by atoms with Gasteiger partial charge in [0, 0.05) is 0 Å². The Morgan fingerprint density at radius 3 is 2.66 bits per heavy atom. The van der Waals surface area contributed by atoms with Gasteiger partial charge in [0.05, 0.1) is 18.5 Å². The average Bonchev–Trinajstić information content (AvgIpc) is 2.74. The van der Waals surface area contributed by atoms with Gasteiger partial charge in [-0.3, -0.25) is 4.79 Å². The van der Waals surface area contributed by atoms with Gasteiger partial charge < -0.3 is 15.8 Å². The Morgan fingerprint density at radius 2 is 1.97 bits per heavy atom. The summed E-state index contributed by atoms with van der Waals surface area (Å²) in [5, 5.41) is 11.6. The normalized spacial score (nSPS) is 11.3. The van der Waals surface area contributed by atoms with Gasteiger partial charge in [-0.1, -0.05) is 54.2 Å². The molecule has 3 rings (SSSR count). The summed E-state index contributed by atoms with van der Waals surface area (Å²) in [6, 6.07) is 18.5. The Balaban J connectivity index is 1.89. The second-order valence-corrected chi connectivity index (χ2v) is 6.96. The zero-order valence-electron chi connectivity index (χ0n) is 15.7. The van der Waals surface area contributed by atoms with Crippen LogP contribution in [0.25, 0.3) is 0 Å². The summed E-state index contributed by atoms with van der Waals surface area (Å²) in [7, 11) is 0. The van der Waals surface area contributed by atoms with E-state index in [9.17, 15) is 4.79 Å². The number of hydrogen-bond donors (Lipinski definition) is 2. The number of aromatic nitrogens is 2. The number of nitrogen functional groups attached to an aromatic ring is 1. The molecule has 1 heterocycles. The highest BCUT2D eigenvalue weighted by molar-refractivity contribution is 8.00. The first-order chi connectivity index (χ1) is 14.1. The number of benzene rings is 2. The van der Waals surface area contributed by atoms with Crippen LogP contribution in [-0.4, -0.2) is 22.5 Å². The van der Waals surface area contributed by atoms with Crippen LogP contribution in [0.4, 0.5) is 11.5 Å². The van der Waals surface area contributed by atoms with Crippen LogP contribution in [0.1, 0.15) is 23.3 Å². The molecule has 29 heavy (non-hydrogen) atoms. The van der Waals surface area contributed by atoms with Gasteiger partial charge in [0.25, 0.3) is 0 Å². The molecule has 0 aliphatic rings. The standard InChI is InChI=1S/C21H19N5O2S/c1-2-28-17-11-7-6-10-16(17)25-20(27)18(14-8-4-3-5-9-14)29-21-24-13-15(12-22)19(23)26-21/h3-11,13,18H,2H2,1H3,(H,25,27)(H2,23,24,26)/t18-/m0/s1. The number of nitriles is 1. The highest BCUT2D eigenvalue weighted by atomic mass is 32.2. The predicted molar refractivity (Wildman–Crippen MR) is 112 cm³/mol. The highest BCUT2D eigenvalue weighted by Crippen LogP contribution is 2.36. The van der Waals surface area contributed by atoms with Crippen molar-refractivity contribution in [2.45, 2.75) is 17.3 Å². The number of nitrogens with zero attached hydrogens (tertiary/aromatic N) is 3. The fourth-order valence-corrected chi connectivity index (χ4v) is 3.51. The van der Waals surface area contributed by atoms with E-state index < -0.39 is 5.25 Å². The number of para-hydroxylation sites is 2. The van der Waals surface area contributed by atoms with Crippen molar-refractivity contribution >= 4 is 29.2 Å². The van der Waals surface area contributed by atoms with Crippen molar-refractivity contribution < 1.29 is 9.53 Å². The first-order valence-electron chi connectivity index (χ1n) is 8.89. The molecule has 1 atom stereocenters. The summed E-state index contributed by atoms with van der Waals surface area (Å²) < 4.78 is 5.59. The summed E-state index contributed by atoms with van der Waals surface area (Å²) >= 11 is 1.16. The fraction of sp³-hybridized carbons (Fsp3) is 0.143. The third kappa shape index (κ3) is 5.03. The van der Waals surface area contributed by atoms with Crippen molar-refractivity contribution in [3.05, 3.63) is 71.9 Å². The second-order valence-electron chi connectivity index (χ2n) is 5.89. The fourth-order valence-electron chi connectivity index (χ4n) is 2.58. The minimum absolute atomic E-state index is 0.0823. The van der Waals surface area contributed by atoms with Gasteiger partial charge in [0.1, 0.15) is 28.4 Å². The number of hydrogen-bond acceptors (Lipinski definition) is 7. The van der Waals surface area contributed by atoms with E-state index in [1.807, 2.05) is 55.5 Å². The first-order valence-corrected chi connectivity index (χ1v) is 9.77. The summed E-state index contributed by atoms with van der Waals surface area (Å²) in [4.78, 5) is 21.5. The maximum atomic E-state index is 13.2. The van der Waals surface area contributed by atoms with Crippen LogP contribution in [0.2, 0.25) is 0 Å². The SMILES string of the molecule is CCOc1ccccc1NC(=O)[C@@H](Sc1ncc(C#N)c(N)n1)c1ccccc1. The molecule has 1 aromatic heterocycles. The molecule has 1 amide bonds. The van der Waals surface area contributed by atoms with Crippen LogP contribution < -0.4 is 15.8 Å². The largest absolute Gasteiger partial charge is 0.492 e. The Bertz CT molecular complexity index is 1040. The predicted octanol–water partition coefficient (Wildman–Crippen LogP) is 3.80. The molecule has 0 saturated heterocycles. The van der Waals surface area contributed by atoms with Gasteiger partial charge in [0.2, 0.25) is 5.91 Å². The minimum atomic E-state index is -0.627. The number of ether oxygens (including phenoxy) is 1. The Morgan fingerprint density at radius 1 is 1.24 bits per heavy atom. The second kappa shape index (κ2) is 9.57. The molecular weight excluding hydrogens is 386 g/mol. The highest BCUT2D eigenvalue weighted by Gasteiger charge is 2.24. The maximum absolute atomic E-state index is 13.2. The number of amides is 1. The van der Waals surface area contributed by atoms with E-state index in [4.69, 9.17) is 15.7 Å². The van der Waals surface area contributed by atoms with E-state index in [0.29, 0.717) is 23.2 Å². The molecule has 0 fully saturated rings. The van der Waals surface area contributed by atoms with Gasteiger partial charge in [-0.05, 0) is 24.6 Å². The molecule has 3 aromatic rings. The third-order valence-corrected chi connectivity index (χ3v) is 5.05. The number of carbonyl (C=O) groups is 1.